The molecule has 0 amide bonds. The fraction of sp³-hybridized carbons (Fsp3) is 0.455. The molecule has 2 rings (SSSR count). The van der Waals surface area contributed by atoms with Crippen LogP contribution in [0.25, 0.3) is 0 Å². The van der Waals surface area contributed by atoms with E-state index >= 15 is 0 Å². The van der Waals surface area contributed by atoms with E-state index in [1.54, 1.807) is 0 Å². The van der Waals surface area contributed by atoms with Crippen molar-refractivity contribution in [2.75, 3.05) is 11.4 Å². The number of anilines is 1. The van der Waals surface area contributed by atoms with Crippen LogP contribution in [0.2, 0.25) is 0 Å². The van der Waals surface area contributed by atoms with Gasteiger partial charge in [-0.3, -0.25) is 0 Å². The van der Waals surface area contributed by atoms with Gasteiger partial charge in [0, 0.05) is 21.8 Å². The standard InChI is InChI=1S/C11H14IN/c1-8-3-4-10(7-11(8)12)13-6-5-9(13)2/h3-4,7,9H,5-6H2,1-2H3. The molecule has 70 valence electrons. The highest BCUT2D eigenvalue weighted by molar-refractivity contribution is 14.1. The summed E-state index contributed by atoms with van der Waals surface area (Å²) in [6.07, 6.45) is 1.34. The first kappa shape index (κ1) is 9.31. The number of nitrogens with zero attached hydrogens (tertiary/aromatic N) is 1. The van der Waals surface area contributed by atoms with Crippen LogP contribution < -0.4 is 4.90 Å². The number of hydrogen-bond donors (Lipinski definition) is 0. The normalized spacial score (nSPS) is 21.5. The molecule has 1 unspecified atom stereocenters. The molecular weight excluding hydrogens is 273 g/mol. The highest BCUT2D eigenvalue weighted by Crippen LogP contribution is 2.28. The van der Waals surface area contributed by atoms with Crippen molar-refractivity contribution in [3.8, 4) is 0 Å². The van der Waals surface area contributed by atoms with Gasteiger partial charge in [-0.05, 0) is 60.6 Å². The average molecular weight is 287 g/mol. The summed E-state index contributed by atoms with van der Waals surface area (Å²) < 4.78 is 1.37. The first-order chi connectivity index (χ1) is 6.18. The summed E-state index contributed by atoms with van der Waals surface area (Å²) in [6, 6.07) is 7.46. The molecule has 1 aromatic rings. The summed E-state index contributed by atoms with van der Waals surface area (Å²) in [5.74, 6) is 0. The Hall–Kier alpha value is -0.250. The van der Waals surface area contributed by atoms with Gasteiger partial charge in [0.05, 0.1) is 0 Å². The molecule has 1 aliphatic heterocycles. The van der Waals surface area contributed by atoms with Crippen molar-refractivity contribution < 1.29 is 0 Å². The molecule has 0 radical (unpaired) electrons. The summed E-state index contributed by atoms with van der Waals surface area (Å²) in [5.41, 5.74) is 2.76. The third-order valence-corrected chi connectivity index (χ3v) is 3.97. The molecule has 2 heteroatoms. The Kier molecular flexibility index (Phi) is 2.49. The Balaban J connectivity index is 2.26. The van der Waals surface area contributed by atoms with Crippen LogP contribution in [0.3, 0.4) is 0 Å². The highest BCUT2D eigenvalue weighted by Gasteiger charge is 2.23. The van der Waals surface area contributed by atoms with Gasteiger partial charge in [-0.15, -0.1) is 0 Å². The predicted octanol–water partition coefficient (Wildman–Crippen LogP) is 3.20. The van der Waals surface area contributed by atoms with Crippen LogP contribution in [0, 0.1) is 10.5 Å². The van der Waals surface area contributed by atoms with E-state index in [0.29, 0.717) is 0 Å². The minimum absolute atomic E-state index is 0.735. The third-order valence-electron chi connectivity index (χ3n) is 2.81. The molecular formula is C11H14IN. The molecule has 1 heterocycles. The van der Waals surface area contributed by atoms with E-state index in [-0.39, 0.29) is 0 Å². The van der Waals surface area contributed by atoms with Crippen LogP contribution in [0.4, 0.5) is 5.69 Å². The van der Waals surface area contributed by atoms with Gasteiger partial charge in [-0.1, -0.05) is 6.07 Å². The Morgan fingerprint density at radius 1 is 1.46 bits per heavy atom. The van der Waals surface area contributed by atoms with E-state index in [4.69, 9.17) is 0 Å². The summed E-state index contributed by atoms with van der Waals surface area (Å²) in [4.78, 5) is 2.46. The Bertz CT molecular complexity index is 322. The summed E-state index contributed by atoms with van der Waals surface area (Å²) in [6.45, 7) is 5.67. The molecule has 0 bridgehead atoms. The first-order valence-electron chi connectivity index (χ1n) is 4.71. The van der Waals surface area contributed by atoms with Crippen LogP contribution in [0.15, 0.2) is 18.2 Å². The van der Waals surface area contributed by atoms with Gasteiger partial charge in [0.15, 0.2) is 0 Å². The van der Waals surface area contributed by atoms with Gasteiger partial charge in [0.25, 0.3) is 0 Å². The van der Waals surface area contributed by atoms with Crippen LogP contribution in [0.5, 0.6) is 0 Å². The van der Waals surface area contributed by atoms with E-state index < -0.39 is 0 Å². The lowest BCUT2D eigenvalue weighted by molar-refractivity contribution is 0.481. The zero-order valence-electron chi connectivity index (χ0n) is 8.05. The smallest absolute Gasteiger partial charge is 0.0379 e. The maximum absolute atomic E-state index is 2.46. The van der Waals surface area contributed by atoms with Crippen molar-refractivity contribution in [3.05, 3.63) is 27.3 Å². The molecule has 0 aromatic heterocycles. The van der Waals surface area contributed by atoms with Gasteiger partial charge in [-0.25, -0.2) is 0 Å². The maximum atomic E-state index is 2.46. The van der Waals surface area contributed by atoms with Crippen LogP contribution in [-0.4, -0.2) is 12.6 Å². The topological polar surface area (TPSA) is 3.24 Å². The molecule has 1 nitrogen and oxygen atoms in total. The first-order valence-corrected chi connectivity index (χ1v) is 5.79. The Morgan fingerprint density at radius 3 is 2.69 bits per heavy atom. The van der Waals surface area contributed by atoms with Crippen molar-refractivity contribution in [1.29, 1.82) is 0 Å². The second kappa shape index (κ2) is 3.48. The van der Waals surface area contributed by atoms with E-state index in [1.165, 1.54) is 27.8 Å². The minimum atomic E-state index is 0.735. The number of rotatable bonds is 1. The summed E-state index contributed by atoms with van der Waals surface area (Å²) >= 11 is 2.40. The second-order valence-corrected chi connectivity index (χ2v) is 4.93. The lowest BCUT2D eigenvalue weighted by Crippen LogP contribution is -2.45. The molecule has 0 N–H and O–H groups in total. The number of hydrogen-bond acceptors (Lipinski definition) is 1. The van der Waals surface area contributed by atoms with Crippen molar-refractivity contribution >= 4 is 28.3 Å². The van der Waals surface area contributed by atoms with Gasteiger partial charge in [0.1, 0.15) is 0 Å². The van der Waals surface area contributed by atoms with Crippen LogP contribution in [0.1, 0.15) is 18.9 Å². The van der Waals surface area contributed by atoms with E-state index in [2.05, 4.69) is 59.5 Å². The molecule has 1 aromatic carbocycles. The fourth-order valence-electron chi connectivity index (χ4n) is 1.66. The monoisotopic (exact) mass is 287 g/mol. The third kappa shape index (κ3) is 1.68. The van der Waals surface area contributed by atoms with Crippen molar-refractivity contribution in [2.45, 2.75) is 26.3 Å². The SMILES string of the molecule is Cc1ccc(N2CCC2C)cc1I. The number of halogens is 1. The van der Waals surface area contributed by atoms with Crippen LogP contribution >= 0.6 is 22.6 Å². The predicted molar refractivity (Wildman–Crippen MR) is 65.3 cm³/mol. The summed E-state index contributed by atoms with van der Waals surface area (Å²) in [5, 5.41) is 0. The van der Waals surface area contributed by atoms with E-state index in [1.807, 2.05) is 0 Å². The average Bonchev–Trinajstić information content (AvgIpc) is 2.09. The van der Waals surface area contributed by atoms with Crippen LogP contribution in [-0.2, 0) is 0 Å². The molecule has 0 spiro atoms. The molecule has 1 saturated heterocycles. The fourth-order valence-corrected chi connectivity index (χ4v) is 2.16. The second-order valence-electron chi connectivity index (χ2n) is 3.76. The molecule has 1 fully saturated rings. The number of benzene rings is 1. The molecule has 0 aliphatic carbocycles. The highest BCUT2D eigenvalue weighted by atomic mass is 127. The van der Waals surface area contributed by atoms with Gasteiger partial charge < -0.3 is 4.90 Å². The maximum Gasteiger partial charge on any atom is 0.0379 e. The van der Waals surface area contributed by atoms with Gasteiger partial charge >= 0.3 is 0 Å². The van der Waals surface area contributed by atoms with E-state index in [9.17, 15) is 0 Å². The molecule has 1 aliphatic rings. The molecule has 13 heavy (non-hydrogen) atoms. The minimum Gasteiger partial charge on any atom is -0.369 e. The van der Waals surface area contributed by atoms with Gasteiger partial charge in [-0.2, -0.15) is 0 Å². The number of aryl methyl sites for hydroxylation is 1. The quantitative estimate of drug-likeness (QED) is 0.717. The molecule has 1 atom stereocenters. The zero-order valence-corrected chi connectivity index (χ0v) is 10.2. The molecule has 0 saturated carbocycles. The Labute approximate surface area is 93.3 Å². The van der Waals surface area contributed by atoms with E-state index in [0.717, 1.165) is 6.04 Å². The summed E-state index contributed by atoms with van der Waals surface area (Å²) in [7, 11) is 0. The van der Waals surface area contributed by atoms with Crippen molar-refractivity contribution in [2.24, 2.45) is 0 Å². The van der Waals surface area contributed by atoms with Crippen molar-refractivity contribution in [3.63, 3.8) is 0 Å². The lowest BCUT2D eigenvalue weighted by Gasteiger charge is -2.41. The zero-order chi connectivity index (χ0) is 9.42. The lowest BCUT2D eigenvalue weighted by atomic mass is 10.0. The Morgan fingerprint density at radius 2 is 2.23 bits per heavy atom. The largest absolute Gasteiger partial charge is 0.369 e. The van der Waals surface area contributed by atoms with Crippen molar-refractivity contribution in [1.82, 2.24) is 0 Å². The van der Waals surface area contributed by atoms with Gasteiger partial charge in [0.2, 0.25) is 0 Å².